The fourth-order valence-electron chi connectivity index (χ4n) is 1.69. The maximum atomic E-state index is 9.10. The number of thiazole rings is 1. The summed E-state index contributed by atoms with van der Waals surface area (Å²) < 4.78 is 0. The number of hydrogen-bond acceptors (Lipinski definition) is 6. The second-order valence-electron chi connectivity index (χ2n) is 4.82. The summed E-state index contributed by atoms with van der Waals surface area (Å²) in [4.78, 5) is 22.6. The van der Waals surface area contributed by atoms with Crippen molar-refractivity contribution in [1.82, 2.24) is 15.6 Å². The highest BCUT2D eigenvalue weighted by atomic mass is 32.1. The monoisotopic (exact) mass is 410 g/mol. The smallest absolute Gasteiger partial charge is 0.414 e. The molecule has 2 aromatic rings. The Bertz CT molecular complexity index is 827. The number of aliphatic carboxylic acids is 2. The van der Waals surface area contributed by atoms with E-state index < -0.39 is 11.9 Å². The van der Waals surface area contributed by atoms with Gasteiger partial charge in [-0.25, -0.2) is 14.6 Å². The first-order valence-electron chi connectivity index (χ1n) is 7.30. The molecule has 0 amide bonds. The Kier molecular flexibility index (Phi) is 8.62. The quantitative estimate of drug-likeness (QED) is 0.166. The fourth-order valence-corrected chi connectivity index (χ4v) is 2.49. The minimum atomic E-state index is -1.82. The molecule has 0 radical (unpaired) electrons. The van der Waals surface area contributed by atoms with Crippen LogP contribution in [0.15, 0.2) is 29.6 Å². The van der Waals surface area contributed by atoms with Crippen LogP contribution in [0.2, 0.25) is 0 Å². The van der Waals surface area contributed by atoms with Crippen molar-refractivity contribution in [2.24, 2.45) is 5.73 Å². The predicted molar refractivity (Wildman–Crippen MR) is 107 cm³/mol. The molecule has 2 rings (SSSR count). The van der Waals surface area contributed by atoms with Gasteiger partial charge in [0, 0.05) is 24.5 Å². The topological polar surface area (TPSA) is 173 Å². The summed E-state index contributed by atoms with van der Waals surface area (Å²) in [6.45, 7) is 0.649. The molecule has 0 saturated heterocycles. The van der Waals surface area contributed by atoms with Gasteiger partial charge in [-0.1, -0.05) is 18.2 Å². The lowest BCUT2D eigenvalue weighted by molar-refractivity contribution is -0.159. The minimum absolute atomic E-state index is 0.116. The molecule has 0 spiro atoms. The molecule has 0 aliphatic rings. The number of rotatable bonds is 4. The highest BCUT2D eigenvalue weighted by molar-refractivity contribution is 7.80. The van der Waals surface area contributed by atoms with E-state index in [9.17, 15) is 0 Å². The zero-order valence-corrected chi connectivity index (χ0v) is 15.8. The molecule has 0 saturated carbocycles. The molecule has 0 aliphatic carbocycles. The highest BCUT2D eigenvalue weighted by Gasteiger charge is 2.06. The SMILES string of the molecule is CNC(=S)NCc1cccc(-c2csc(NC(=N)N)n2)c1.O=C(O)C(=O)O. The summed E-state index contributed by atoms with van der Waals surface area (Å²) in [6.07, 6.45) is 0. The van der Waals surface area contributed by atoms with Crippen LogP contribution in [0, 0.1) is 5.41 Å². The molecule has 1 heterocycles. The second-order valence-corrected chi connectivity index (χ2v) is 6.09. The summed E-state index contributed by atoms with van der Waals surface area (Å²) in [5.41, 5.74) is 8.26. The van der Waals surface area contributed by atoms with Crippen LogP contribution in [-0.2, 0) is 16.1 Å². The maximum absolute atomic E-state index is 9.10. The average molecular weight is 410 g/mol. The number of carboxylic acids is 2. The molecule has 12 heteroatoms. The number of carbonyl (C=O) groups is 2. The number of guanidine groups is 1. The van der Waals surface area contributed by atoms with Crippen molar-refractivity contribution in [3.63, 3.8) is 0 Å². The first-order valence-corrected chi connectivity index (χ1v) is 8.59. The van der Waals surface area contributed by atoms with E-state index in [1.807, 2.05) is 23.6 Å². The second kappa shape index (κ2) is 10.7. The predicted octanol–water partition coefficient (Wildman–Crippen LogP) is 0.865. The van der Waals surface area contributed by atoms with Crippen LogP contribution in [0.25, 0.3) is 11.3 Å². The molecule has 1 aromatic heterocycles. The molecule has 0 atom stereocenters. The van der Waals surface area contributed by atoms with E-state index >= 15 is 0 Å². The third kappa shape index (κ3) is 8.11. The van der Waals surface area contributed by atoms with Crippen molar-refractivity contribution in [3.05, 3.63) is 35.2 Å². The number of hydrogen-bond donors (Lipinski definition) is 7. The maximum Gasteiger partial charge on any atom is 0.414 e. The van der Waals surface area contributed by atoms with Gasteiger partial charge >= 0.3 is 11.9 Å². The van der Waals surface area contributed by atoms with Gasteiger partial charge < -0.3 is 31.9 Å². The molecule has 27 heavy (non-hydrogen) atoms. The number of aromatic nitrogens is 1. The lowest BCUT2D eigenvalue weighted by atomic mass is 10.1. The molecule has 8 N–H and O–H groups in total. The molecule has 144 valence electrons. The zero-order valence-electron chi connectivity index (χ0n) is 14.1. The van der Waals surface area contributed by atoms with Gasteiger partial charge in [0.05, 0.1) is 5.69 Å². The number of anilines is 1. The van der Waals surface area contributed by atoms with E-state index in [-0.39, 0.29) is 5.96 Å². The van der Waals surface area contributed by atoms with Crippen LogP contribution in [0.4, 0.5) is 5.13 Å². The van der Waals surface area contributed by atoms with Gasteiger partial charge in [0.1, 0.15) is 0 Å². The Balaban J connectivity index is 0.000000527. The van der Waals surface area contributed by atoms with Gasteiger partial charge in [0.2, 0.25) is 0 Å². The lowest BCUT2D eigenvalue weighted by Crippen LogP contribution is -2.31. The van der Waals surface area contributed by atoms with E-state index in [4.69, 9.17) is 43.2 Å². The largest absolute Gasteiger partial charge is 0.473 e. The average Bonchev–Trinajstić information content (AvgIpc) is 3.08. The number of nitrogens with zero attached hydrogens (tertiary/aromatic N) is 1. The van der Waals surface area contributed by atoms with Crippen LogP contribution >= 0.6 is 23.6 Å². The van der Waals surface area contributed by atoms with E-state index in [0.29, 0.717) is 16.8 Å². The van der Waals surface area contributed by atoms with E-state index in [2.05, 4.69) is 27.0 Å². The van der Waals surface area contributed by atoms with Crippen molar-refractivity contribution < 1.29 is 19.8 Å². The first kappa shape index (κ1) is 21.8. The number of thiocarbonyl (C=S) groups is 1. The Morgan fingerprint density at radius 1 is 1.33 bits per heavy atom. The van der Waals surface area contributed by atoms with Gasteiger partial charge in [0.15, 0.2) is 16.2 Å². The van der Waals surface area contributed by atoms with Crippen LogP contribution < -0.4 is 21.7 Å². The molecule has 0 bridgehead atoms. The van der Waals surface area contributed by atoms with Crippen LogP contribution in [0.5, 0.6) is 0 Å². The normalized spacial score (nSPS) is 9.37. The van der Waals surface area contributed by atoms with Gasteiger partial charge in [-0.15, -0.1) is 11.3 Å². The summed E-state index contributed by atoms with van der Waals surface area (Å²) in [7, 11) is 1.78. The van der Waals surface area contributed by atoms with Crippen molar-refractivity contribution >= 4 is 51.7 Å². The first-order chi connectivity index (χ1) is 12.7. The number of nitrogens with one attached hydrogen (secondary N) is 4. The van der Waals surface area contributed by atoms with Crippen molar-refractivity contribution in [3.8, 4) is 11.3 Å². The van der Waals surface area contributed by atoms with Crippen LogP contribution in [0.3, 0.4) is 0 Å². The molecule has 1 aromatic carbocycles. The van der Waals surface area contributed by atoms with Crippen molar-refractivity contribution in [1.29, 1.82) is 5.41 Å². The standard InChI is InChI=1S/C13H16N6S2.C2H2O4/c1-16-12(20)17-6-8-3-2-4-9(5-8)10-7-21-13(18-10)19-11(14)15;3-1(4)2(5)6/h2-5,7H,6H2,1H3,(H2,16,17,20)(H4,14,15,18,19);(H,3,4)(H,5,6). The molecular formula is C15H18N6O4S2. The van der Waals surface area contributed by atoms with Crippen molar-refractivity contribution in [2.45, 2.75) is 6.54 Å². The van der Waals surface area contributed by atoms with E-state index in [1.54, 1.807) is 7.05 Å². The molecule has 0 aliphatic heterocycles. The third-order valence-corrected chi connectivity index (χ3v) is 3.94. The van der Waals surface area contributed by atoms with Crippen molar-refractivity contribution in [2.75, 3.05) is 12.4 Å². The van der Waals surface area contributed by atoms with E-state index in [1.165, 1.54) is 11.3 Å². The number of nitrogens with two attached hydrogens (primary N) is 1. The Morgan fingerprint density at radius 2 is 2.00 bits per heavy atom. The Morgan fingerprint density at radius 3 is 2.56 bits per heavy atom. The van der Waals surface area contributed by atoms with Gasteiger partial charge in [-0.3, -0.25) is 5.41 Å². The Hall–Kier alpha value is -3.25. The Labute approximate surface area is 163 Å². The summed E-state index contributed by atoms with van der Waals surface area (Å²) in [5.74, 6) is -3.76. The summed E-state index contributed by atoms with van der Waals surface area (Å²) in [5, 5.41) is 33.8. The number of benzene rings is 1. The molecule has 10 nitrogen and oxygen atoms in total. The van der Waals surface area contributed by atoms with Gasteiger partial charge in [-0.2, -0.15) is 0 Å². The van der Waals surface area contributed by atoms with Crippen LogP contribution in [0.1, 0.15) is 5.56 Å². The van der Waals surface area contributed by atoms with Gasteiger partial charge in [0.25, 0.3) is 0 Å². The minimum Gasteiger partial charge on any atom is -0.473 e. The zero-order chi connectivity index (χ0) is 20.4. The molecule has 0 fully saturated rings. The number of carboxylic acid groups (broad SMARTS) is 2. The summed E-state index contributed by atoms with van der Waals surface area (Å²) >= 11 is 6.46. The van der Waals surface area contributed by atoms with E-state index in [0.717, 1.165) is 16.8 Å². The highest BCUT2D eigenvalue weighted by Crippen LogP contribution is 2.25. The van der Waals surface area contributed by atoms with Crippen LogP contribution in [-0.4, -0.2) is 45.3 Å². The van der Waals surface area contributed by atoms with Gasteiger partial charge in [-0.05, 0) is 23.8 Å². The third-order valence-electron chi connectivity index (χ3n) is 2.83. The molecular weight excluding hydrogens is 392 g/mol. The lowest BCUT2D eigenvalue weighted by Gasteiger charge is -2.07. The summed E-state index contributed by atoms with van der Waals surface area (Å²) in [6, 6.07) is 8.05. The molecule has 0 unspecified atom stereocenters. The fraction of sp³-hybridized carbons (Fsp3) is 0.133.